The van der Waals surface area contributed by atoms with E-state index in [-0.39, 0.29) is 24.5 Å². The predicted octanol–water partition coefficient (Wildman–Crippen LogP) is 2.61. The lowest BCUT2D eigenvalue weighted by atomic mass is 10.0. The lowest BCUT2D eigenvalue weighted by molar-refractivity contribution is -0.139. The molecule has 6 nitrogen and oxygen atoms in total. The highest BCUT2D eigenvalue weighted by Gasteiger charge is 2.29. The average Bonchev–Trinajstić information content (AvgIpc) is 2.65. The van der Waals surface area contributed by atoms with Gasteiger partial charge in [-0.2, -0.15) is 0 Å². The van der Waals surface area contributed by atoms with Gasteiger partial charge in [0.15, 0.2) is 0 Å². The molecule has 0 spiro atoms. The summed E-state index contributed by atoms with van der Waals surface area (Å²) in [5.41, 5.74) is 0.821. The molecule has 0 aromatic heterocycles. The van der Waals surface area contributed by atoms with Crippen LogP contribution in [0.15, 0.2) is 29.2 Å². The first-order chi connectivity index (χ1) is 12.4. The van der Waals surface area contributed by atoms with Crippen LogP contribution in [0.4, 0.5) is 5.69 Å². The Morgan fingerprint density at radius 1 is 1.38 bits per heavy atom. The van der Waals surface area contributed by atoms with E-state index < -0.39 is 5.97 Å². The fraction of sp³-hybridized carbons (Fsp3) is 0.579. The number of likely N-dealkylation sites (N-methyl/N-ethyl adjacent to an activating group) is 1. The monoisotopic (exact) mass is 379 g/mol. The summed E-state index contributed by atoms with van der Waals surface area (Å²) < 4.78 is 0. The maximum absolute atomic E-state index is 12.6. The van der Waals surface area contributed by atoms with E-state index in [1.54, 1.807) is 11.8 Å². The smallest absolute Gasteiger partial charge is 0.317 e. The number of anilines is 1. The Hall–Kier alpha value is -1.57. The summed E-state index contributed by atoms with van der Waals surface area (Å²) in [5.74, 6) is -0.783. The largest absolute Gasteiger partial charge is 0.480 e. The third kappa shape index (κ3) is 5.72. The van der Waals surface area contributed by atoms with Crippen LogP contribution in [-0.2, 0) is 9.59 Å². The minimum atomic E-state index is -0.783. The minimum Gasteiger partial charge on any atom is -0.480 e. The number of amides is 1. The third-order valence-corrected chi connectivity index (χ3v) is 5.75. The van der Waals surface area contributed by atoms with E-state index in [2.05, 4.69) is 10.2 Å². The summed E-state index contributed by atoms with van der Waals surface area (Å²) in [4.78, 5) is 28.9. The van der Waals surface area contributed by atoms with E-state index in [9.17, 15) is 9.59 Å². The van der Waals surface area contributed by atoms with Crippen molar-refractivity contribution in [1.29, 1.82) is 0 Å². The highest BCUT2D eigenvalue weighted by atomic mass is 32.2. The molecule has 7 heteroatoms. The van der Waals surface area contributed by atoms with Gasteiger partial charge >= 0.3 is 5.97 Å². The van der Waals surface area contributed by atoms with Gasteiger partial charge in [0, 0.05) is 29.7 Å². The Labute approximate surface area is 159 Å². The molecule has 1 aromatic carbocycles. The van der Waals surface area contributed by atoms with Crippen molar-refractivity contribution in [3.05, 3.63) is 24.3 Å². The number of benzene rings is 1. The Morgan fingerprint density at radius 2 is 2.08 bits per heavy atom. The van der Waals surface area contributed by atoms with Crippen LogP contribution >= 0.6 is 11.8 Å². The molecule has 2 N–H and O–H groups in total. The zero-order valence-corrected chi connectivity index (χ0v) is 16.6. The molecule has 1 amide bonds. The molecule has 1 aliphatic rings. The van der Waals surface area contributed by atoms with E-state index in [4.69, 9.17) is 5.11 Å². The van der Waals surface area contributed by atoms with Crippen LogP contribution in [0.1, 0.15) is 26.7 Å². The number of piperidine rings is 1. The molecular weight excluding hydrogens is 350 g/mol. The van der Waals surface area contributed by atoms with Crippen LogP contribution in [0, 0.1) is 0 Å². The van der Waals surface area contributed by atoms with Crippen LogP contribution in [-0.4, -0.2) is 71.3 Å². The molecule has 26 heavy (non-hydrogen) atoms. The van der Waals surface area contributed by atoms with E-state index in [0.29, 0.717) is 0 Å². The number of hydrogen-bond donors (Lipinski definition) is 2. The standard InChI is InChI=1S/C19H29N3O3S/c1-4-21(13-18(23)24)16-8-10-22(11-9-16)14(2)19(25)20-15-6-5-7-17(12-15)26-3/h5-7,12,14,16H,4,8-11,13H2,1-3H3,(H,20,25)(H,23,24). The predicted molar refractivity (Wildman–Crippen MR) is 106 cm³/mol. The summed E-state index contributed by atoms with van der Waals surface area (Å²) >= 11 is 1.65. The molecule has 0 saturated carbocycles. The van der Waals surface area contributed by atoms with Crippen molar-refractivity contribution in [2.24, 2.45) is 0 Å². The SMILES string of the molecule is CCN(CC(=O)O)C1CCN(C(C)C(=O)Nc2cccc(SC)c2)CC1. The Bertz CT molecular complexity index is 618. The Morgan fingerprint density at radius 3 is 2.65 bits per heavy atom. The Balaban J connectivity index is 1.87. The summed E-state index contributed by atoms with van der Waals surface area (Å²) in [6.45, 7) is 6.36. The molecule has 1 aliphatic heterocycles. The van der Waals surface area contributed by atoms with Crippen molar-refractivity contribution in [2.45, 2.75) is 43.7 Å². The van der Waals surface area contributed by atoms with E-state index >= 15 is 0 Å². The molecule has 1 atom stereocenters. The van der Waals surface area contributed by atoms with Crippen LogP contribution in [0.3, 0.4) is 0 Å². The van der Waals surface area contributed by atoms with Gasteiger partial charge in [0.1, 0.15) is 0 Å². The van der Waals surface area contributed by atoms with Crippen LogP contribution < -0.4 is 5.32 Å². The molecule has 1 fully saturated rings. The third-order valence-electron chi connectivity index (χ3n) is 5.02. The fourth-order valence-corrected chi connectivity index (χ4v) is 3.88. The number of aliphatic carboxylic acids is 1. The molecular formula is C19H29N3O3S. The lowest BCUT2D eigenvalue weighted by Crippen LogP contribution is -2.51. The molecule has 144 valence electrons. The Kier molecular flexibility index (Phi) is 7.93. The molecule has 1 heterocycles. The van der Waals surface area contributed by atoms with Crippen molar-refractivity contribution < 1.29 is 14.7 Å². The number of hydrogen-bond acceptors (Lipinski definition) is 5. The summed E-state index contributed by atoms with van der Waals surface area (Å²) in [5, 5.41) is 12.0. The van der Waals surface area contributed by atoms with Crippen LogP contribution in [0.2, 0.25) is 0 Å². The highest BCUT2D eigenvalue weighted by Crippen LogP contribution is 2.21. The topological polar surface area (TPSA) is 72.9 Å². The van der Waals surface area contributed by atoms with Gasteiger partial charge in [0.05, 0.1) is 12.6 Å². The molecule has 1 aromatic rings. The molecule has 0 bridgehead atoms. The van der Waals surface area contributed by atoms with E-state index in [0.717, 1.165) is 43.1 Å². The normalized spacial score (nSPS) is 17.2. The van der Waals surface area contributed by atoms with E-state index in [1.807, 2.05) is 49.3 Å². The van der Waals surface area contributed by atoms with Gasteiger partial charge in [-0.05, 0) is 50.8 Å². The van der Waals surface area contributed by atoms with Gasteiger partial charge in [-0.3, -0.25) is 19.4 Å². The average molecular weight is 380 g/mol. The van der Waals surface area contributed by atoms with Crippen molar-refractivity contribution in [1.82, 2.24) is 9.80 Å². The number of carbonyl (C=O) groups excluding carboxylic acids is 1. The van der Waals surface area contributed by atoms with Crippen molar-refractivity contribution >= 4 is 29.3 Å². The van der Waals surface area contributed by atoms with Gasteiger partial charge < -0.3 is 10.4 Å². The fourth-order valence-electron chi connectivity index (χ4n) is 3.42. The first-order valence-corrected chi connectivity index (χ1v) is 10.3. The number of likely N-dealkylation sites (tertiary alicyclic amines) is 1. The number of nitrogens with zero attached hydrogens (tertiary/aromatic N) is 2. The zero-order valence-electron chi connectivity index (χ0n) is 15.8. The number of rotatable bonds is 8. The van der Waals surface area contributed by atoms with Crippen LogP contribution in [0.5, 0.6) is 0 Å². The second-order valence-corrected chi connectivity index (χ2v) is 7.50. The first kappa shape index (κ1) is 20.7. The van der Waals surface area contributed by atoms with Crippen molar-refractivity contribution in [3.63, 3.8) is 0 Å². The van der Waals surface area contributed by atoms with Gasteiger partial charge in [-0.1, -0.05) is 13.0 Å². The lowest BCUT2D eigenvalue weighted by Gasteiger charge is -2.39. The zero-order chi connectivity index (χ0) is 19.1. The summed E-state index contributed by atoms with van der Waals surface area (Å²) in [7, 11) is 0. The van der Waals surface area contributed by atoms with Gasteiger partial charge in [0.25, 0.3) is 0 Å². The van der Waals surface area contributed by atoms with Gasteiger partial charge in [0.2, 0.25) is 5.91 Å². The number of carbonyl (C=O) groups is 2. The summed E-state index contributed by atoms with van der Waals surface area (Å²) in [6.07, 6.45) is 3.79. The van der Waals surface area contributed by atoms with Gasteiger partial charge in [-0.15, -0.1) is 11.8 Å². The van der Waals surface area contributed by atoms with Crippen molar-refractivity contribution in [3.8, 4) is 0 Å². The van der Waals surface area contributed by atoms with Crippen molar-refractivity contribution in [2.75, 3.05) is 37.8 Å². The number of carboxylic acids is 1. The summed E-state index contributed by atoms with van der Waals surface area (Å²) in [6, 6.07) is 7.92. The molecule has 2 rings (SSSR count). The molecule has 1 unspecified atom stereocenters. The second-order valence-electron chi connectivity index (χ2n) is 6.62. The highest BCUT2D eigenvalue weighted by molar-refractivity contribution is 7.98. The molecule has 0 aliphatic carbocycles. The maximum atomic E-state index is 12.6. The quantitative estimate of drug-likeness (QED) is 0.677. The number of carboxylic acid groups (broad SMARTS) is 1. The maximum Gasteiger partial charge on any atom is 0.317 e. The molecule has 0 radical (unpaired) electrons. The van der Waals surface area contributed by atoms with Crippen LogP contribution in [0.25, 0.3) is 0 Å². The first-order valence-electron chi connectivity index (χ1n) is 9.09. The van der Waals surface area contributed by atoms with Gasteiger partial charge in [-0.25, -0.2) is 0 Å². The van der Waals surface area contributed by atoms with E-state index in [1.165, 1.54) is 0 Å². The second kappa shape index (κ2) is 9.94. The molecule has 1 saturated heterocycles. The number of thioether (sulfide) groups is 1. The number of nitrogens with one attached hydrogen (secondary N) is 1. The minimum absolute atomic E-state index is 0.000383.